The van der Waals surface area contributed by atoms with Crippen molar-refractivity contribution in [2.45, 2.75) is 25.9 Å². The van der Waals surface area contributed by atoms with Crippen LogP contribution in [0.25, 0.3) is 6.08 Å². The third-order valence-corrected chi connectivity index (χ3v) is 3.68. The number of rotatable bonds is 4. The van der Waals surface area contributed by atoms with Crippen LogP contribution in [0.4, 0.5) is 0 Å². The molecule has 0 heterocycles. The smallest absolute Gasteiger partial charge is 0.158 e. The van der Waals surface area contributed by atoms with Crippen molar-refractivity contribution in [2.75, 3.05) is 0 Å². The SMILES string of the molecule is O=C1CCC/C1=C/c1ccc(OCc2ccccc2)cc1. The molecule has 2 nitrogen and oxygen atoms in total. The highest BCUT2D eigenvalue weighted by Crippen LogP contribution is 2.23. The highest BCUT2D eigenvalue weighted by atomic mass is 16.5. The lowest BCUT2D eigenvalue weighted by Crippen LogP contribution is -1.95. The molecule has 0 radical (unpaired) electrons. The molecule has 0 aromatic heterocycles. The first-order valence-electron chi connectivity index (χ1n) is 7.32. The van der Waals surface area contributed by atoms with Gasteiger partial charge in [-0.1, -0.05) is 42.5 Å². The standard InChI is InChI=1S/C19H18O2/c20-19-8-4-7-17(19)13-15-9-11-18(12-10-15)21-14-16-5-2-1-3-6-16/h1-3,5-6,9-13H,4,7-8,14H2/b17-13-. The van der Waals surface area contributed by atoms with Crippen molar-refractivity contribution in [1.82, 2.24) is 0 Å². The van der Waals surface area contributed by atoms with Crippen LogP contribution in [0.1, 0.15) is 30.4 Å². The van der Waals surface area contributed by atoms with E-state index in [0.717, 1.165) is 35.3 Å². The summed E-state index contributed by atoms with van der Waals surface area (Å²) in [5, 5.41) is 0. The highest BCUT2D eigenvalue weighted by molar-refractivity contribution is 6.01. The van der Waals surface area contributed by atoms with Crippen molar-refractivity contribution >= 4 is 11.9 Å². The first-order chi connectivity index (χ1) is 10.3. The topological polar surface area (TPSA) is 26.3 Å². The molecule has 1 aliphatic rings. The maximum absolute atomic E-state index is 11.6. The minimum absolute atomic E-state index is 0.291. The van der Waals surface area contributed by atoms with Crippen molar-refractivity contribution in [3.05, 3.63) is 71.3 Å². The van der Waals surface area contributed by atoms with E-state index in [-0.39, 0.29) is 0 Å². The van der Waals surface area contributed by atoms with E-state index in [0.29, 0.717) is 18.8 Å². The predicted molar refractivity (Wildman–Crippen MR) is 84.1 cm³/mol. The zero-order valence-corrected chi connectivity index (χ0v) is 11.9. The molecule has 0 saturated heterocycles. The summed E-state index contributed by atoms with van der Waals surface area (Å²) in [6.07, 6.45) is 4.59. The van der Waals surface area contributed by atoms with Gasteiger partial charge in [-0.15, -0.1) is 0 Å². The molecule has 21 heavy (non-hydrogen) atoms. The fraction of sp³-hybridized carbons (Fsp3) is 0.211. The Morgan fingerprint density at radius 1 is 0.952 bits per heavy atom. The maximum atomic E-state index is 11.6. The van der Waals surface area contributed by atoms with Gasteiger partial charge in [0.15, 0.2) is 5.78 Å². The Morgan fingerprint density at radius 2 is 1.71 bits per heavy atom. The fourth-order valence-corrected chi connectivity index (χ4v) is 2.49. The molecule has 0 aliphatic heterocycles. The molecule has 0 unspecified atom stereocenters. The van der Waals surface area contributed by atoms with Crippen LogP contribution >= 0.6 is 0 Å². The van der Waals surface area contributed by atoms with Gasteiger partial charge in [-0.25, -0.2) is 0 Å². The molecule has 0 spiro atoms. The average Bonchev–Trinajstić information content (AvgIpc) is 2.93. The monoisotopic (exact) mass is 278 g/mol. The number of carbonyl (C=O) groups excluding carboxylic acids is 1. The first kappa shape index (κ1) is 13.6. The number of carbonyl (C=O) groups is 1. The summed E-state index contributed by atoms with van der Waals surface area (Å²) in [6.45, 7) is 0.569. The summed E-state index contributed by atoms with van der Waals surface area (Å²) in [6, 6.07) is 18.0. The Hall–Kier alpha value is -2.35. The van der Waals surface area contributed by atoms with Crippen LogP contribution in [0.5, 0.6) is 5.75 Å². The van der Waals surface area contributed by atoms with Gasteiger partial charge < -0.3 is 4.74 Å². The lowest BCUT2D eigenvalue weighted by Gasteiger charge is -2.06. The molecular weight excluding hydrogens is 260 g/mol. The van der Waals surface area contributed by atoms with Crippen LogP contribution in [-0.4, -0.2) is 5.78 Å². The number of benzene rings is 2. The Kier molecular flexibility index (Phi) is 4.15. The Bertz CT molecular complexity index is 639. The molecule has 2 heteroatoms. The number of ether oxygens (including phenoxy) is 1. The van der Waals surface area contributed by atoms with Gasteiger partial charge in [0.1, 0.15) is 12.4 Å². The van der Waals surface area contributed by atoms with Crippen LogP contribution in [0.3, 0.4) is 0 Å². The second-order valence-electron chi connectivity index (χ2n) is 5.29. The number of Topliss-reactive ketones (excluding diaryl/α,β-unsaturated/α-hetero) is 1. The lowest BCUT2D eigenvalue weighted by atomic mass is 10.1. The Balaban J connectivity index is 1.63. The zero-order valence-electron chi connectivity index (χ0n) is 11.9. The molecule has 2 aromatic carbocycles. The van der Waals surface area contributed by atoms with E-state index < -0.39 is 0 Å². The van der Waals surface area contributed by atoms with Gasteiger partial charge in [0.05, 0.1) is 0 Å². The van der Waals surface area contributed by atoms with E-state index in [4.69, 9.17) is 4.74 Å². The largest absolute Gasteiger partial charge is 0.489 e. The molecule has 0 bridgehead atoms. The second kappa shape index (κ2) is 6.40. The summed E-state index contributed by atoms with van der Waals surface area (Å²) in [5.41, 5.74) is 3.17. The van der Waals surface area contributed by atoms with E-state index in [1.54, 1.807) is 0 Å². The van der Waals surface area contributed by atoms with E-state index in [1.165, 1.54) is 0 Å². The van der Waals surface area contributed by atoms with Gasteiger partial charge in [-0.05, 0) is 47.8 Å². The molecule has 1 fully saturated rings. The number of ketones is 1. The first-order valence-corrected chi connectivity index (χ1v) is 7.32. The molecule has 1 aliphatic carbocycles. The molecule has 1 saturated carbocycles. The Labute approximate surface area is 125 Å². The van der Waals surface area contributed by atoms with Crippen molar-refractivity contribution in [3.8, 4) is 5.75 Å². The van der Waals surface area contributed by atoms with Crippen LogP contribution < -0.4 is 4.74 Å². The second-order valence-corrected chi connectivity index (χ2v) is 5.29. The average molecular weight is 278 g/mol. The third kappa shape index (κ3) is 3.60. The van der Waals surface area contributed by atoms with Crippen molar-refractivity contribution in [2.24, 2.45) is 0 Å². The van der Waals surface area contributed by atoms with Gasteiger partial charge in [0, 0.05) is 6.42 Å². The van der Waals surface area contributed by atoms with Crippen LogP contribution in [-0.2, 0) is 11.4 Å². The minimum Gasteiger partial charge on any atom is -0.489 e. The quantitative estimate of drug-likeness (QED) is 0.775. The van der Waals surface area contributed by atoms with Crippen molar-refractivity contribution < 1.29 is 9.53 Å². The summed E-state index contributed by atoms with van der Waals surface area (Å²) in [4.78, 5) is 11.6. The zero-order chi connectivity index (χ0) is 14.5. The van der Waals surface area contributed by atoms with Gasteiger partial charge >= 0.3 is 0 Å². The number of allylic oxidation sites excluding steroid dienone is 1. The molecule has 106 valence electrons. The summed E-state index contributed by atoms with van der Waals surface area (Å²) < 4.78 is 5.75. The van der Waals surface area contributed by atoms with Gasteiger partial charge in [-0.3, -0.25) is 4.79 Å². The summed E-state index contributed by atoms with van der Waals surface area (Å²) in [5.74, 6) is 1.14. The highest BCUT2D eigenvalue weighted by Gasteiger charge is 2.16. The van der Waals surface area contributed by atoms with Crippen molar-refractivity contribution in [3.63, 3.8) is 0 Å². The van der Waals surface area contributed by atoms with Gasteiger partial charge in [0.25, 0.3) is 0 Å². The lowest BCUT2D eigenvalue weighted by molar-refractivity contribution is -0.114. The number of hydrogen-bond donors (Lipinski definition) is 0. The summed E-state index contributed by atoms with van der Waals surface area (Å²) in [7, 11) is 0. The fourth-order valence-electron chi connectivity index (χ4n) is 2.49. The van der Waals surface area contributed by atoms with Crippen LogP contribution in [0.15, 0.2) is 60.2 Å². The van der Waals surface area contributed by atoms with E-state index >= 15 is 0 Å². The molecular formula is C19H18O2. The molecule has 0 N–H and O–H groups in total. The van der Waals surface area contributed by atoms with E-state index in [9.17, 15) is 4.79 Å². The van der Waals surface area contributed by atoms with E-state index in [1.807, 2.05) is 60.7 Å². The van der Waals surface area contributed by atoms with Crippen LogP contribution in [0, 0.1) is 0 Å². The molecule has 2 aromatic rings. The van der Waals surface area contributed by atoms with Gasteiger partial charge in [0.2, 0.25) is 0 Å². The van der Waals surface area contributed by atoms with Crippen molar-refractivity contribution in [1.29, 1.82) is 0 Å². The number of hydrogen-bond acceptors (Lipinski definition) is 2. The minimum atomic E-state index is 0.291. The van der Waals surface area contributed by atoms with Crippen LogP contribution in [0.2, 0.25) is 0 Å². The Morgan fingerprint density at radius 3 is 2.38 bits per heavy atom. The van der Waals surface area contributed by atoms with E-state index in [2.05, 4.69) is 0 Å². The maximum Gasteiger partial charge on any atom is 0.158 e. The van der Waals surface area contributed by atoms with Gasteiger partial charge in [-0.2, -0.15) is 0 Å². The molecule has 3 rings (SSSR count). The predicted octanol–water partition coefficient (Wildman–Crippen LogP) is 4.40. The third-order valence-electron chi connectivity index (χ3n) is 3.68. The molecule has 0 atom stereocenters. The molecule has 0 amide bonds. The normalized spacial score (nSPS) is 16.4. The summed E-state index contributed by atoms with van der Waals surface area (Å²) >= 11 is 0.